The van der Waals surface area contributed by atoms with Crippen molar-refractivity contribution in [3.63, 3.8) is 0 Å². The van der Waals surface area contributed by atoms with E-state index in [1.807, 2.05) is 49.4 Å². The third-order valence-corrected chi connectivity index (χ3v) is 3.59. The predicted octanol–water partition coefficient (Wildman–Crippen LogP) is 5.44. The topological polar surface area (TPSA) is 21.3 Å². The Morgan fingerprint density at radius 3 is 2.38 bits per heavy atom. The molecule has 2 nitrogen and oxygen atoms in total. The molecule has 0 aromatic heterocycles. The smallest absolute Gasteiger partial charge is 0.142 e. The molecular formula is C17H19Cl2NO. The monoisotopic (exact) mass is 323 g/mol. The molecule has 0 saturated heterocycles. The first-order valence-electron chi connectivity index (χ1n) is 7.02. The molecule has 2 rings (SSSR count). The predicted molar refractivity (Wildman–Crippen MR) is 90.9 cm³/mol. The molecule has 0 saturated carbocycles. The second-order valence-corrected chi connectivity index (χ2v) is 5.82. The maximum atomic E-state index is 6.07. The first-order chi connectivity index (χ1) is 10.1. The van der Waals surface area contributed by atoms with Gasteiger partial charge in [-0.3, -0.25) is 0 Å². The van der Waals surface area contributed by atoms with Crippen molar-refractivity contribution in [2.45, 2.75) is 26.3 Å². The summed E-state index contributed by atoms with van der Waals surface area (Å²) in [6, 6.07) is 13.8. The highest BCUT2D eigenvalue weighted by molar-refractivity contribution is 6.31. The highest BCUT2D eigenvalue weighted by Gasteiger charge is 2.09. The SMILES string of the molecule is CCOc1ccc(Cl)cc1NC(C)Cc1ccc(Cl)cc1. The zero-order valence-corrected chi connectivity index (χ0v) is 13.7. The zero-order chi connectivity index (χ0) is 15.2. The molecule has 0 radical (unpaired) electrons. The normalized spacial score (nSPS) is 12.0. The Labute approximate surface area is 136 Å². The van der Waals surface area contributed by atoms with E-state index in [4.69, 9.17) is 27.9 Å². The average Bonchev–Trinajstić information content (AvgIpc) is 2.44. The number of ether oxygens (including phenoxy) is 1. The third-order valence-electron chi connectivity index (χ3n) is 3.10. The lowest BCUT2D eigenvalue weighted by Gasteiger charge is -2.18. The van der Waals surface area contributed by atoms with E-state index in [0.29, 0.717) is 11.6 Å². The summed E-state index contributed by atoms with van der Waals surface area (Å²) in [5.41, 5.74) is 2.16. The first-order valence-corrected chi connectivity index (χ1v) is 7.77. The molecule has 0 spiro atoms. The van der Waals surface area contributed by atoms with E-state index in [0.717, 1.165) is 22.9 Å². The summed E-state index contributed by atoms with van der Waals surface area (Å²) in [5, 5.41) is 4.91. The van der Waals surface area contributed by atoms with Gasteiger partial charge < -0.3 is 10.1 Å². The van der Waals surface area contributed by atoms with Crippen LogP contribution in [0.5, 0.6) is 5.75 Å². The Morgan fingerprint density at radius 1 is 1.05 bits per heavy atom. The number of hydrogen-bond donors (Lipinski definition) is 1. The molecule has 112 valence electrons. The molecule has 4 heteroatoms. The van der Waals surface area contributed by atoms with E-state index in [2.05, 4.69) is 12.2 Å². The molecule has 0 fully saturated rings. The van der Waals surface area contributed by atoms with E-state index in [1.54, 1.807) is 0 Å². The van der Waals surface area contributed by atoms with Crippen molar-refractivity contribution in [1.29, 1.82) is 0 Å². The van der Waals surface area contributed by atoms with E-state index < -0.39 is 0 Å². The van der Waals surface area contributed by atoms with Gasteiger partial charge in [0, 0.05) is 16.1 Å². The molecule has 1 unspecified atom stereocenters. The Kier molecular flexibility index (Phi) is 5.77. The van der Waals surface area contributed by atoms with Gasteiger partial charge in [0.05, 0.1) is 12.3 Å². The van der Waals surface area contributed by atoms with Crippen molar-refractivity contribution in [3.8, 4) is 5.75 Å². The van der Waals surface area contributed by atoms with Gasteiger partial charge in [-0.2, -0.15) is 0 Å². The Bertz CT molecular complexity index is 584. The van der Waals surface area contributed by atoms with Crippen LogP contribution in [-0.4, -0.2) is 12.6 Å². The minimum atomic E-state index is 0.254. The number of hydrogen-bond acceptors (Lipinski definition) is 2. The van der Waals surface area contributed by atoms with Gasteiger partial charge in [0.25, 0.3) is 0 Å². The quantitative estimate of drug-likeness (QED) is 0.764. The fourth-order valence-electron chi connectivity index (χ4n) is 2.19. The summed E-state index contributed by atoms with van der Waals surface area (Å²) >= 11 is 12.0. The highest BCUT2D eigenvalue weighted by atomic mass is 35.5. The molecule has 1 N–H and O–H groups in total. The summed E-state index contributed by atoms with van der Waals surface area (Å²) < 4.78 is 5.62. The minimum Gasteiger partial charge on any atom is -0.492 e. The van der Waals surface area contributed by atoms with E-state index in [-0.39, 0.29) is 6.04 Å². The number of benzene rings is 2. The lowest BCUT2D eigenvalue weighted by atomic mass is 10.1. The Hall–Kier alpha value is -1.38. The Morgan fingerprint density at radius 2 is 1.71 bits per heavy atom. The molecule has 0 aliphatic carbocycles. The second-order valence-electron chi connectivity index (χ2n) is 4.95. The standard InChI is InChI=1S/C17H19Cl2NO/c1-3-21-17-9-8-15(19)11-16(17)20-12(2)10-13-4-6-14(18)7-5-13/h4-9,11-12,20H,3,10H2,1-2H3. The van der Waals surface area contributed by atoms with Crippen molar-refractivity contribution in [1.82, 2.24) is 0 Å². The van der Waals surface area contributed by atoms with Crippen LogP contribution < -0.4 is 10.1 Å². The second kappa shape index (κ2) is 7.58. The maximum Gasteiger partial charge on any atom is 0.142 e. The van der Waals surface area contributed by atoms with Gasteiger partial charge >= 0.3 is 0 Å². The minimum absolute atomic E-state index is 0.254. The van der Waals surface area contributed by atoms with Crippen molar-refractivity contribution in [2.24, 2.45) is 0 Å². The van der Waals surface area contributed by atoms with Crippen LogP contribution in [0.2, 0.25) is 10.0 Å². The van der Waals surface area contributed by atoms with Crippen molar-refractivity contribution >= 4 is 28.9 Å². The molecule has 2 aromatic rings. The van der Waals surface area contributed by atoms with Crippen LogP contribution in [0, 0.1) is 0 Å². The van der Waals surface area contributed by atoms with Crippen molar-refractivity contribution in [2.75, 3.05) is 11.9 Å². The zero-order valence-electron chi connectivity index (χ0n) is 12.2. The number of anilines is 1. The number of halogens is 2. The van der Waals surface area contributed by atoms with E-state index in [9.17, 15) is 0 Å². The van der Waals surface area contributed by atoms with Gasteiger partial charge in [0.1, 0.15) is 5.75 Å². The van der Waals surface area contributed by atoms with Gasteiger partial charge in [0.2, 0.25) is 0 Å². The molecular weight excluding hydrogens is 305 g/mol. The van der Waals surface area contributed by atoms with Crippen LogP contribution in [0.15, 0.2) is 42.5 Å². The van der Waals surface area contributed by atoms with Crippen LogP contribution in [0.3, 0.4) is 0 Å². The molecule has 2 aromatic carbocycles. The van der Waals surface area contributed by atoms with Gasteiger partial charge in [-0.15, -0.1) is 0 Å². The van der Waals surface area contributed by atoms with Gasteiger partial charge in [-0.05, 0) is 56.2 Å². The summed E-state index contributed by atoms with van der Waals surface area (Å²) in [7, 11) is 0. The summed E-state index contributed by atoms with van der Waals surface area (Å²) in [6.07, 6.45) is 0.898. The Balaban J connectivity index is 2.06. The molecule has 0 heterocycles. The van der Waals surface area contributed by atoms with Crippen LogP contribution in [0.1, 0.15) is 19.4 Å². The maximum absolute atomic E-state index is 6.07. The van der Waals surface area contributed by atoms with Crippen molar-refractivity contribution in [3.05, 3.63) is 58.1 Å². The molecule has 0 aliphatic heterocycles. The van der Waals surface area contributed by atoms with Gasteiger partial charge in [-0.1, -0.05) is 35.3 Å². The van der Waals surface area contributed by atoms with Gasteiger partial charge in [0.15, 0.2) is 0 Å². The van der Waals surface area contributed by atoms with E-state index >= 15 is 0 Å². The van der Waals surface area contributed by atoms with Crippen molar-refractivity contribution < 1.29 is 4.74 Å². The largest absolute Gasteiger partial charge is 0.492 e. The first kappa shape index (κ1) is 16.0. The summed E-state index contributed by atoms with van der Waals surface area (Å²) in [6.45, 7) is 4.72. The third kappa shape index (κ3) is 4.83. The van der Waals surface area contributed by atoms with E-state index in [1.165, 1.54) is 5.56 Å². The van der Waals surface area contributed by atoms with Crippen LogP contribution in [0.25, 0.3) is 0 Å². The fourth-order valence-corrected chi connectivity index (χ4v) is 2.48. The summed E-state index contributed by atoms with van der Waals surface area (Å²) in [4.78, 5) is 0. The van der Waals surface area contributed by atoms with Crippen LogP contribution in [-0.2, 0) is 6.42 Å². The number of rotatable bonds is 6. The lowest BCUT2D eigenvalue weighted by molar-refractivity contribution is 0.341. The average molecular weight is 324 g/mol. The molecule has 21 heavy (non-hydrogen) atoms. The fraction of sp³-hybridized carbons (Fsp3) is 0.294. The van der Waals surface area contributed by atoms with Crippen LogP contribution >= 0.6 is 23.2 Å². The summed E-state index contributed by atoms with van der Waals surface area (Å²) in [5.74, 6) is 0.824. The number of nitrogens with one attached hydrogen (secondary N) is 1. The molecule has 0 aliphatic rings. The molecule has 1 atom stereocenters. The highest BCUT2D eigenvalue weighted by Crippen LogP contribution is 2.29. The lowest BCUT2D eigenvalue weighted by Crippen LogP contribution is -2.18. The molecule has 0 amide bonds. The molecule has 0 bridgehead atoms. The van der Waals surface area contributed by atoms with Gasteiger partial charge in [-0.25, -0.2) is 0 Å². The van der Waals surface area contributed by atoms with Crippen LogP contribution in [0.4, 0.5) is 5.69 Å².